The van der Waals surface area contributed by atoms with Crippen LogP contribution in [0.4, 0.5) is 14.5 Å². The minimum Gasteiger partial charge on any atom is -0.324 e. The van der Waals surface area contributed by atoms with Crippen LogP contribution in [0.15, 0.2) is 63.7 Å². The molecule has 2 aromatic carbocycles. The molecule has 8 heteroatoms. The van der Waals surface area contributed by atoms with E-state index in [1.807, 2.05) is 0 Å². The molecule has 0 bridgehead atoms. The van der Waals surface area contributed by atoms with Crippen molar-refractivity contribution in [3.63, 3.8) is 0 Å². The fraction of sp³-hybridized carbons (Fsp3) is 0.105. The summed E-state index contributed by atoms with van der Waals surface area (Å²) < 4.78 is 53.4. The van der Waals surface area contributed by atoms with E-state index in [0.29, 0.717) is 4.88 Å². The van der Waals surface area contributed by atoms with Crippen molar-refractivity contribution in [2.75, 3.05) is 5.32 Å². The SMILES string of the molecule is O=C1C[C@H](c2ccc(F)cc2F)c2scc(S(=O)(=O)c3ccccc3)c2N1. The second-order valence-electron chi connectivity index (χ2n) is 6.13. The molecule has 4 rings (SSSR count). The molecule has 0 spiro atoms. The topological polar surface area (TPSA) is 63.2 Å². The van der Waals surface area contributed by atoms with E-state index in [4.69, 9.17) is 0 Å². The molecule has 2 heterocycles. The molecule has 0 aliphatic carbocycles. The molecule has 3 aromatic rings. The molecule has 0 saturated carbocycles. The van der Waals surface area contributed by atoms with Gasteiger partial charge in [-0.25, -0.2) is 17.2 Å². The van der Waals surface area contributed by atoms with Gasteiger partial charge in [-0.3, -0.25) is 4.79 Å². The van der Waals surface area contributed by atoms with Crippen molar-refractivity contribution in [2.45, 2.75) is 22.1 Å². The fourth-order valence-corrected chi connectivity index (χ4v) is 6.08. The maximum Gasteiger partial charge on any atom is 0.225 e. The van der Waals surface area contributed by atoms with Gasteiger partial charge in [-0.15, -0.1) is 11.3 Å². The van der Waals surface area contributed by atoms with E-state index in [2.05, 4.69) is 5.32 Å². The Morgan fingerprint density at radius 1 is 1.07 bits per heavy atom. The molecule has 0 fully saturated rings. The van der Waals surface area contributed by atoms with Crippen molar-refractivity contribution in [3.05, 3.63) is 76.0 Å². The van der Waals surface area contributed by atoms with E-state index in [0.717, 1.165) is 23.5 Å². The Kier molecular flexibility index (Phi) is 4.32. The van der Waals surface area contributed by atoms with Crippen LogP contribution < -0.4 is 5.32 Å². The summed E-state index contributed by atoms with van der Waals surface area (Å²) >= 11 is 1.14. The van der Waals surface area contributed by atoms with Gasteiger partial charge in [0, 0.05) is 28.7 Å². The smallest absolute Gasteiger partial charge is 0.225 e. The lowest BCUT2D eigenvalue weighted by Crippen LogP contribution is -2.24. The van der Waals surface area contributed by atoms with Gasteiger partial charge in [-0.05, 0) is 23.8 Å². The predicted octanol–water partition coefficient (Wildman–Crippen LogP) is 4.33. The van der Waals surface area contributed by atoms with Crippen LogP contribution in [0, 0.1) is 11.6 Å². The Bertz CT molecular complexity index is 1140. The number of sulfone groups is 1. The minimum atomic E-state index is -3.84. The summed E-state index contributed by atoms with van der Waals surface area (Å²) in [5.41, 5.74) is 0.340. The third kappa shape index (κ3) is 3.04. The van der Waals surface area contributed by atoms with Gasteiger partial charge < -0.3 is 5.32 Å². The third-order valence-corrected chi connectivity index (χ3v) is 7.48. The summed E-state index contributed by atoms with van der Waals surface area (Å²) in [6, 6.07) is 11.1. The maximum atomic E-state index is 14.3. The number of carbonyl (C=O) groups is 1. The molecule has 0 radical (unpaired) electrons. The largest absolute Gasteiger partial charge is 0.324 e. The molecule has 1 aliphatic rings. The summed E-state index contributed by atoms with van der Waals surface area (Å²) in [5, 5.41) is 4.06. The van der Waals surface area contributed by atoms with Gasteiger partial charge in [0.15, 0.2) is 0 Å². The Hall–Kier alpha value is -2.58. The quantitative estimate of drug-likeness (QED) is 0.705. The predicted molar refractivity (Wildman–Crippen MR) is 97.7 cm³/mol. The fourth-order valence-electron chi connectivity index (χ4n) is 3.16. The molecular formula is C19H13F2NO3S2. The van der Waals surface area contributed by atoms with E-state index in [1.165, 1.54) is 23.6 Å². The van der Waals surface area contributed by atoms with Crippen molar-refractivity contribution in [1.29, 1.82) is 0 Å². The number of nitrogens with one attached hydrogen (secondary N) is 1. The molecule has 138 valence electrons. The number of anilines is 1. The lowest BCUT2D eigenvalue weighted by molar-refractivity contribution is -0.116. The Morgan fingerprint density at radius 3 is 2.52 bits per heavy atom. The van der Waals surface area contributed by atoms with Crippen molar-refractivity contribution in [1.82, 2.24) is 0 Å². The molecule has 0 unspecified atom stereocenters. The van der Waals surface area contributed by atoms with E-state index in [-0.39, 0.29) is 27.5 Å². The van der Waals surface area contributed by atoms with Crippen LogP contribution in [-0.2, 0) is 14.6 Å². The van der Waals surface area contributed by atoms with Gasteiger partial charge in [0.05, 0.1) is 10.6 Å². The van der Waals surface area contributed by atoms with Gasteiger partial charge in [0.1, 0.15) is 16.5 Å². The number of benzene rings is 2. The van der Waals surface area contributed by atoms with Gasteiger partial charge in [-0.2, -0.15) is 0 Å². The maximum absolute atomic E-state index is 14.3. The van der Waals surface area contributed by atoms with Crippen LogP contribution in [0.1, 0.15) is 22.8 Å². The van der Waals surface area contributed by atoms with Crippen LogP contribution in [0.25, 0.3) is 0 Å². The zero-order valence-electron chi connectivity index (χ0n) is 13.8. The Balaban J connectivity index is 1.85. The standard InChI is InChI=1S/C19H13F2NO3S2/c20-11-6-7-13(15(21)8-11)14-9-17(23)22-18-16(10-26-19(14)18)27(24,25)12-4-2-1-3-5-12/h1-8,10,14H,9H2,(H,22,23)/t14-/m1/s1. The molecule has 27 heavy (non-hydrogen) atoms. The first-order valence-electron chi connectivity index (χ1n) is 8.04. The number of hydrogen-bond acceptors (Lipinski definition) is 4. The van der Waals surface area contributed by atoms with Crippen molar-refractivity contribution in [2.24, 2.45) is 0 Å². The van der Waals surface area contributed by atoms with Gasteiger partial charge in [0.2, 0.25) is 15.7 Å². The number of rotatable bonds is 3. The molecule has 4 nitrogen and oxygen atoms in total. The van der Waals surface area contributed by atoms with E-state index in [1.54, 1.807) is 18.2 Å². The number of amides is 1. The number of carbonyl (C=O) groups excluding carboxylic acids is 1. The molecule has 0 saturated heterocycles. The first kappa shape index (κ1) is 17.8. The molecule has 1 amide bonds. The summed E-state index contributed by atoms with van der Waals surface area (Å²) in [7, 11) is -3.84. The van der Waals surface area contributed by atoms with Crippen LogP contribution in [0.2, 0.25) is 0 Å². The average Bonchev–Trinajstić information content (AvgIpc) is 3.06. The zero-order chi connectivity index (χ0) is 19.2. The molecule has 1 N–H and O–H groups in total. The number of hydrogen-bond donors (Lipinski definition) is 1. The second kappa shape index (κ2) is 6.54. The first-order chi connectivity index (χ1) is 12.9. The Labute approximate surface area is 158 Å². The number of fused-ring (bicyclic) bond motifs is 1. The van der Waals surface area contributed by atoms with Crippen molar-refractivity contribution >= 4 is 32.8 Å². The highest BCUT2D eigenvalue weighted by molar-refractivity contribution is 7.91. The average molecular weight is 405 g/mol. The number of thiophene rings is 1. The first-order valence-corrected chi connectivity index (χ1v) is 10.4. The minimum absolute atomic E-state index is 0.0192. The normalized spacial score (nSPS) is 16.7. The monoisotopic (exact) mass is 405 g/mol. The van der Waals surface area contributed by atoms with Crippen molar-refractivity contribution < 1.29 is 22.0 Å². The summed E-state index contributed by atoms with van der Waals surface area (Å²) in [6.45, 7) is 0. The van der Waals surface area contributed by atoms with E-state index in [9.17, 15) is 22.0 Å². The molecule has 1 aliphatic heterocycles. The van der Waals surface area contributed by atoms with Crippen LogP contribution >= 0.6 is 11.3 Å². The van der Waals surface area contributed by atoms with Crippen LogP contribution in [0.5, 0.6) is 0 Å². The highest BCUT2D eigenvalue weighted by Gasteiger charge is 2.35. The molecular weight excluding hydrogens is 392 g/mol. The zero-order valence-corrected chi connectivity index (χ0v) is 15.4. The third-order valence-electron chi connectivity index (χ3n) is 4.44. The van der Waals surface area contributed by atoms with Crippen LogP contribution in [0.3, 0.4) is 0 Å². The Morgan fingerprint density at radius 2 is 1.81 bits per heavy atom. The second-order valence-corrected chi connectivity index (χ2v) is 8.96. The molecule has 1 aromatic heterocycles. The number of halogens is 2. The lowest BCUT2D eigenvalue weighted by atomic mass is 9.90. The molecule has 1 atom stereocenters. The van der Waals surface area contributed by atoms with Gasteiger partial charge in [-0.1, -0.05) is 24.3 Å². The summed E-state index contributed by atoms with van der Waals surface area (Å²) in [4.78, 5) is 12.8. The summed E-state index contributed by atoms with van der Waals surface area (Å²) in [6.07, 6.45) is -0.0408. The summed E-state index contributed by atoms with van der Waals surface area (Å²) in [5.74, 6) is -2.56. The van der Waals surface area contributed by atoms with Crippen molar-refractivity contribution in [3.8, 4) is 0 Å². The lowest BCUT2D eigenvalue weighted by Gasteiger charge is -2.24. The van der Waals surface area contributed by atoms with E-state index < -0.39 is 33.3 Å². The van der Waals surface area contributed by atoms with Gasteiger partial charge in [0.25, 0.3) is 0 Å². The van der Waals surface area contributed by atoms with Crippen LogP contribution in [-0.4, -0.2) is 14.3 Å². The highest BCUT2D eigenvalue weighted by Crippen LogP contribution is 2.46. The van der Waals surface area contributed by atoms with E-state index >= 15 is 0 Å². The highest BCUT2D eigenvalue weighted by atomic mass is 32.2. The van der Waals surface area contributed by atoms with Gasteiger partial charge >= 0.3 is 0 Å².